The van der Waals surface area contributed by atoms with Crippen molar-refractivity contribution in [3.8, 4) is 0 Å². The van der Waals surface area contributed by atoms with Crippen LogP contribution in [0.25, 0.3) is 0 Å². The molecule has 0 fully saturated rings. The molecule has 0 spiro atoms. The highest BCUT2D eigenvalue weighted by atomic mass is 32.2. The number of likely N-dealkylation sites (N-methyl/N-ethyl adjacent to an activating group) is 1. The second-order valence-electron chi connectivity index (χ2n) is 6.28. The van der Waals surface area contributed by atoms with Crippen molar-refractivity contribution in [1.29, 1.82) is 0 Å². The van der Waals surface area contributed by atoms with Gasteiger partial charge in [0.25, 0.3) is 10.0 Å². The molecule has 0 radical (unpaired) electrons. The van der Waals surface area contributed by atoms with Crippen LogP contribution in [0.3, 0.4) is 0 Å². The predicted molar refractivity (Wildman–Crippen MR) is 103 cm³/mol. The van der Waals surface area contributed by atoms with Crippen molar-refractivity contribution >= 4 is 33.2 Å². The lowest BCUT2D eigenvalue weighted by Crippen LogP contribution is -2.51. The number of nitrogens with zero attached hydrogens (tertiary/aromatic N) is 1. The molecule has 1 aromatic heterocycles. The zero-order valence-electron chi connectivity index (χ0n) is 15.1. The van der Waals surface area contributed by atoms with Gasteiger partial charge in [0.1, 0.15) is 10.3 Å². The molecule has 2 amide bonds. The molecular weight excluding hydrogens is 386 g/mol. The molecule has 0 aliphatic carbocycles. The number of rotatable bonds is 5. The zero-order chi connectivity index (χ0) is 19.6. The fourth-order valence-electron chi connectivity index (χ4n) is 3.06. The van der Waals surface area contributed by atoms with Gasteiger partial charge in [-0.25, -0.2) is 8.42 Å². The summed E-state index contributed by atoms with van der Waals surface area (Å²) in [6.07, 6.45) is 0.333. The first-order chi connectivity index (χ1) is 12.8. The Morgan fingerprint density at radius 2 is 1.89 bits per heavy atom. The minimum Gasteiger partial charge on any atom is -0.358 e. The standard InChI is InChI=1S/C18H21N3O4S2/c1-12(22)20-10-15-7-8-17(26-15)27(24,25)21-11-14-6-4-3-5-13(14)9-16(21)18(23)19-2/h3-8,16H,9-11H2,1-2H3,(H,19,23)(H,20,22)/t16-/m1/s1. The summed E-state index contributed by atoms with van der Waals surface area (Å²) >= 11 is 1.10. The number of sulfonamides is 1. The maximum absolute atomic E-state index is 13.2. The van der Waals surface area contributed by atoms with Gasteiger partial charge in [0.05, 0.1) is 6.54 Å². The number of benzene rings is 1. The molecule has 1 atom stereocenters. The van der Waals surface area contributed by atoms with Crippen molar-refractivity contribution in [3.63, 3.8) is 0 Å². The molecule has 3 rings (SSSR count). The second kappa shape index (κ2) is 7.79. The molecule has 1 aliphatic heterocycles. The van der Waals surface area contributed by atoms with Crippen molar-refractivity contribution in [3.05, 3.63) is 52.4 Å². The third-order valence-corrected chi connectivity index (χ3v) is 7.87. The molecule has 9 heteroatoms. The first-order valence-corrected chi connectivity index (χ1v) is 10.7. The van der Waals surface area contributed by atoms with Crippen LogP contribution < -0.4 is 10.6 Å². The SMILES string of the molecule is CNC(=O)[C@H]1Cc2ccccc2CN1S(=O)(=O)c1ccc(CNC(C)=O)s1. The Hall–Kier alpha value is -2.23. The lowest BCUT2D eigenvalue weighted by molar-refractivity contribution is -0.124. The van der Waals surface area contributed by atoms with Gasteiger partial charge >= 0.3 is 0 Å². The molecule has 2 heterocycles. The fourth-order valence-corrected chi connectivity index (χ4v) is 6.05. The summed E-state index contributed by atoms with van der Waals surface area (Å²) in [4.78, 5) is 24.2. The van der Waals surface area contributed by atoms with Crippen molar-refractivity contribution in [2.45, 2.75) is 36.7 Å². The molecular formula is C18H21N3O4S2. The number of amides is 2. The Labute approximate surface area is 162 Å². The van der Waals surface area contributed by atoms with Crippen LogP contribution in [0, 0.1) is 0 Å². The van der Waals surface area contributed by atoms with Gasteiger partial charge in [-0.1, -0.05) is 24.3 Å². The summed E-state index contributed by atoms with van der Waals surface area (Å²) in [5, 5.41) is 5.22. The van der Waals surface area contributed by atoms with Crippen LogP contribution in [-0.4, -0.2) is 37.6 Å². The Morgan fingerprint density at radius 1 is 1.19 bits per heavy atom. The van der Waals surface area contributed by atoms with Gasteiger partial charge in [-0.05, 0) is 29.7 Å². The van der Waals surface area contributed by atoms with Crippen molar-refractivity contribution in [2.24, 2.45) is 0 Å². The second-order valence-corrected chi connectivity index (χ2v) is 9.57. The van der Waals surface area contributed by atoms with Crippen molar-refractivity contribution in [1.82, 2.24) is 14.9 Å². The highest BCUT2D eigenvalue weighted by molar-refractivity contribution is 7.91. The van der Waals surface area contributed by atoms with Crippen LogP contribution in [0.5, 0.6) is 0 Å². The van der Waals surface area contributed by atoms with Crippen LogP contribution in [0.4, 0.5) is 0 Å². The molecule has 1 aliphatic rings. The highest BCUT2D eigenvalue weighted by Gasteiger charge is 2.39. The summed E-state index contributed by atoms with van der Waals surface area (Å²) in [6, 6.07) is 9.97. The zero-order valence-corrected chi connectivity index (χ0v) is 16.7. The average molecular weight is 408 g/mol. The topological polar surface area (TPSA) is 95.6 Å². The highest BCUT2D eigenvalue weighted by Crippen LogP contribution is 2.32. The van der Waals surface area contributed by atoms with E-state index in [4.69, 9.17) is 0 Å². The van der Waals surface area contributed by atoms with Gasteiger partial charge in [0, 0.05) is 25.4 Å². The van der Waals surface area contributed by atoms with E-state index < -0.39 is 16.1 Å². The molecule has 2 aromatic rings. The first-order valence-electron chi connectivity index (χ1n) is 8.46. The van der Waals surface area contributed by atoms with E-state index >= 15 is 0 Å². The Kier molecular flexibility index (Phi) is 5.64. The van der Waals surface area contributed by atoms with E-state index in [-0.39, 0.29) is 29.1 Å². The molecule has 0 saturated heterocycles. The Balaban J connectivity index is 1.93. The summed E-state index contributed by atoms with van der Waals surface area (Å²) in [5.41, 5.74) is 1.88. The Morgan fingerprint density at radius 3 is 2.56 bits per heavy atom. The largest absolute Gasteiger partial charge is 0.358 e. The average Bonchev–Trinajstić information content (AvgIpc) is 3.14. The van der Waals surface area contributed by atoms with Gasteiger partial charge < -0.3 is 10.6 Å². The van der Waals surface area contributed by atoms with E-state index in [1.165, 1.54) is 24.3 Å². The normalized spacial score (nSPS) is 17.2. The lowest BCUT2D eigenvalue weighted by Gasteiger charge is -2.34. The number of carbonyl (C=O) groups excluding carboxylic acids is 2. The lowest BCUT2D eigenvalue weighted by atomic mass is 9.95. The van der Waals surface area contributed by atoms with Crippen molar-refractivity contribution in [2.75, 3.05) is 7.05 Å². The summed E-state index contributed by atoms with van der Waals surface area (Å²) in [5.74, 6) is -0.511. The van der Waals surface area contributed by atoms with Crippen molar-refractivity contribution < 1.29 is 18.0 Å². The summed E-state index contributed by atoms with van der Waals surface area (Å²) in [6.45, 7) is 1.83. The first kappa shape index (κ1) is 19.5. The molecule has 27 heavy (non-hydrogen) atoms. The maximum atomic E-state index is 13.2. The van der Waals surface area contributed by atoms with Crippen LogP contribution in [-0.2, 0) is 39.1 Å². The van der Waals surface area contributed by atoms with Gasteiger partial charge in [0.2, 0.25) is 11.8 Å². The van der Waals surface area contributed by atoms with Gasteiger partial charge in [-0.2, -0.15) is 4.31 Å². The van der Waals surface area contributed by atoms with Crippen LogP contribution >= 0.6 is 11.3 Å². The van der Waals surface area contributed by atoms with Crippen LogP contribution in [0.15, 0.2) is 40.6 Å². The minimum absolute atomic E-state index is 0.148. The van der Waals surface area contributed by atoms with E-state index in [1.54, 1.807) is 6.07 Å². The summed E-state index contributed by atoms with van der Waals surface area (Å²) in [7, 11) is -2.34. The quantitative estimate of drug-likeness (QED) is 0.780. The van der Waals surface area contributed by atoms with E-state index in [1.807, 2.05) is 24.3 Å². The van der Waals surface area contributed by atoms with Gasteiger partial charge in [0.15, 0.2) is 0 Å². The smallest absolute Gasteiger partial charge is 0.253 e. The van der Waals surface area contributed by atoms with Gasteiger partial charge in [-0.3, -0.25) is 9.59 Å². The van der Waals surface area contributed by atoms with Gasteiger partial charge in [-0.15, -0.1) is 11.3 Å². The molecule has 0 bridgehead atoms. The number of carbonyl (C=O) groups is 2. The third kappa shape index (κ3) is 4.05. The van der Waals surface area contributed by atoms with Crippen LogP contribution in [0.2, 0.25) is 0 Å². The van der Waals surface area contributed by atoms with E-state index in [0.717, 1.165) is 27.3 Å². The fraction of sp³-hybridized carbons (Fsp3) is 0.333. The molecule has 1 aromatic carbocycles. The molecule has 2 N–H and O–H groups in total. The Bertz CT molecular complexity index is 968. The van der Waals surface area contributed by atoms with Crippen LogP contribution in [0.1, 0.15) is 22.9 Å². The monoisotopic (exact) mass is 407 g/mol. The molecule has 0 saturated carbocycles. The predicted octanol–water partition coefficient (Wildman–Crippen LogP) is 1.25. The number of nitrogens with one attached hydrogen (secondary N) is 2. The maximum Gasteiger partial charge on any atom is 0.253 e. The number of thiophene rings is 1. The number of hydrogen-bond donors (Lipinski definition) is 2. The molecule has 144 valence electrons. The van der Waals surface area contributed by atoms with E-state index in [0.29, 0.717) is 6.42 Å². The number of fused-ring (bicyclic) bond motifs is 1. The third-order valence-electron chi connectivity index (χ3n) is 4.47. The molecule has 0 unspecified atom stereocenters. The van der Waals surface area contributed by atoms with E-state index in [9.17, 15) is 18.0 Å². The van der Waals surface area contributed by atoms with E-state index in [2.05, 4.69) is 10.6 Å². The number of hydrogen-bond acceptors (Lipinski definition) is 5. The minimum atomic E-state index is -3.85. The summed E-state index contributed by atoms with van der Waals surface area (Å²) < 4.78 is 27.9. The molecule has 7 nitrogen and oxygen atoms in total.